The lowest BCUT2D eigenvalue weighted by Gasteiger charge is -2.17. The molecule has 1 aliphatic heterocycles. The highest BCUT2D eigenvalue weighted by atomic mass is 35.5. The smallest absolute Gasteiger partial charge is 0.224 e. The molecule has 1 aliphatic rings. The Balaban J connectivity index is 1.25. The molecule has 0 fully saturated rings. The lowest BCUT2D eigenvalue weighted by molar-refractivity contribution is -0.116. The molecule has 0 unspecified atom stereocenters. The number of aryl methyl sites for hydroxylation is 1. The van der Waals surface area contributed by atoms with Crippen molar-refractivity contribution in [2.75, 3.05) is 36.9 Å². The Hall–Kier alpha value is -1.95. The Labute approximate surface area is 175 Å². The molecule has 28 heavy (non-hydrogen) atoms. The first-order chi connectivity index (χ1) is 13.6. The normalized spacial score (nSPS) is 13.0. The number of ether oxygens (including phenoxy) is 1. The van der Waals surface area contributed by atoms with Gasteiger partial charge in [0.2, 0.25) is 5.91 Å². The van der Waals surface area contributed by atoms with E-state index in [-0.39, 0.29) is 5.91 Å². The van der Waals surface area contributed by atoms with Crippen LogP contribution in [0.15, 0.2) is 36.4 Å². The van der Waals surface area contributed by atoms with Gasteiger partial charge in [0.15, 0.2) is 0 Å². The number of hydrogen-bond donors (Lipinski definition) is 3. The zero-order valence-electron chi connectivity index (χ0n) is 15.7. The van der Waals surface area contributed by atoms with E-state index in [1.54, 1.807) is 6.07 Å². The van der Waals surface area contributed by atoms with E-state index in [2.05, 4.69) is 16.0 Å². The standard InChI is InChI=1S/C21H25Cl2N3O2/c22-17-4-3-5-18(21(17)23)25-12-11-24-10-1-2-13-28-16-8-6-15-7-9-20(27)26-19(15)14-16/h3-6,8,14,24-25H,1-2,7,9-13H2,(H,26,27). The van der Waals surface area contributed by atoms with Crippen LogP contribution in [0.4, 0.5) is 11.4 Å². The molecule has 0 radical (unpaired) electrons. The quantitative estimate of drug-likeness (QED) is 0.484. The molecule has 150 valence electrons. The molecule has 0 atom stereocenters. The van der Waals surface area contributed by atoms with E-state index in [0.29, 0.717) is 23.1 Å². The Kier molecular flexibility index (Phi) is 7.83. The Bertz CT molecular complexity index is 814. The highest BCUT2D eigenvalue weighted by molar-refractivity contribution is 6.43. The lowest BCUT2D eigenvalue weighted by atomic mass is 10.0. The molecule has 0 saturated carbocycles. The van der Waals surface area contributed by atoms with E-state index < -0.39 is 0 Å². The van der Waals surface area contributed by atoms with Crippen molar-refractivity contribution in [3.05, 3.63) is 52.0 Å². The van der Waals surface area contributed by atoms with Gasteiger partial charge in [-0.05, 0) is 49.6 Å². The van der Waals surface area contributed by atoms with Crippen LogP contribution in [0.3, 0.4) is 0 Å². The Morgan fingerprint density at radius 1 is 1.04 bits per heavy atom. The molecule has 0 bridgehead atoms. The van der Waals surface area contributed by atoms with E-state index in [1.807, 2.05) is 30.3 Å². The largest absolute Gasteiger partial charge is 0.494 e. The number of hydrogen-bond acceptors (Lipinski definition) is 4. The van der Waals surface area contributed by atoms with Crippen molar-refractivity contribution < 1.29 is 9.53 Å². The fraction of sp³-hybridized carbons (Fsp3) is 0.381. The SMILES string of the molecule is O=C1CCc2ccc(OCCCCNCCNc3cccc(Cl)c3Cl)cc2N1. The minimum absolute atomic E-state index is 0.0721. The molecule has 0 aromatic heterocycles. The van der Waals surface area contributed by atoms with E-state index in [9.17, 15) is 4.79 Å². The zero-order chi connectivity index (χ0) is 19.8. The predicted molar refractivity (Wildman–Crippen MR) is 116 cm³/mol. The third kappa shape index (κ3) is 6.03. The van der Waals surface area contributed by atoms with Gasteiger partial charge in [0.05, 0.1) is 22.3 Å². The van der Waals surface area contributed by atoms with E-state index >= 15 is 0 Å². The summed E-state index contributed by atoms with van der Waals surface area (Å²) in [7, 11) is 0. The van der Waals surface area contributed by atoms with Crippen molar-refractivity contribution in [1.29, 1.82) is 0 Å². The van der Waals surface area contributed by atoms with Crippen LogP contribution in [-0.2, 0) is 11.2 Å². The van der Waals surface area contributed by atoms with Crippen LogP contribution in [0.25, 0.3) is 0 Å². The highest BCUT2D eigenvalue weighted by Crippen LogP contribution is 2.29. The highest BCUT2D eigenvalue weighted by Gasteiger charge is 2.14. The molecule has 2 aromatic carbocycles. The Morgan fingerprint density at radius 3 is 2.82 bits per heavy atom. The Morgan fingerprint density at radius 2 is 1.93 bits per heavy atom. The first-order valence-corrected chi connectivity index (χ1v) is 10.3. The van der Waals surface area contributed by atoms with Crippen LogP contribution in [0, 0.1) is 0 Å². The fourth-order valence-corrected chi connectivity index (χ4v) is 3.40. The van der Waals surface area contributed by atoms with E-state index in [0.717, 1.165) is 56.0 Å². The average Bonchev–Trinajstić information content (AvgIpc) is 2.69. The number of nitrogens with one attached hydrogen (secondary N) is 3. The summed E-state index contributed by atoms with van der Waals surface area (Å²) in [5, 5.41) is 10.7. The maximum absolute atomic E-state index is 11.5. The molecule has 1 amide bonds. The molecule has 3 N–H and O–H groups in total. The van der Waals surface area contributed by atoms with Crippen LogP contribution in [0.1, 0.15) is 24.8 Å². The molecule has 1 heterocycles. The lowest BCUT2D eigenvalue weighted by Crippen LogP contribution is -2.23. The second kappa shape index (κ2) is 10.6. The third-order valence-electron chi connectivity index (χ3n) is 4.56. The van der Waals surface area contributed by atoms with Crippen LogP contribution in [-0.4, -0.2) is 32.1 Å². The number of carbonyl (C=O) groups excluding carboxylic acids is 1. The zero-order valence-corrected chi connectivity index (χ0v) is 17.2. The maximum atomic E-state index is 11.5. The van der Waals surface area contributed by atoms with Gasteiger partial charge in [0, 0.05) is 31.3 Å². The number of unbranched alkanes of at least 4 members (excludes halogenated alkanes) is 1. The second-order valence-corrected chi connectivity index (χ2v) is 7.49. The monoisotopic (exact) mass is 421 g/mol. The van der Waals surface area contributed by atoms with Crippen molar-refractivity contribution in [3.8, 4) is 5.75 Å². The first-order valence-electron chi connectivity index (χ1n) is 9.57. The van der Waals surface area contributed by atoms with E-state index in [1.165, 1.54) is 5.56 Å². The summed E-state index contributed by atoms with van der Waals surface area (Å²) in [5.41, 5.74) is 2.90. The minimum Gasteiger partial charge on any atom is -0.494 e. The summed E-state index contributed by atoms with van der Waals surface area (Å²) in [5.74, 6) is 0.874. The molecule has 3 rings (SSSR count). The summed E-state index contributed by atoms with van der Waals surface area (Å²) in [6.45, 7) is 3.20. The topological polar surface area (TPSA) is 62.4 Å². The number of fused-ring (bicyclic) bond motifs is 1. The molecular formula is C21H25Cl2N3O2. The molecule has 0 spiro atoms. The molecule has 5 nitrogen and oxygen atoms in total. The van der Waals surface area contributed by atoms with Gasteiger partial charge < -0.3 is 20.7 Å². The molecule has 2 aromatic rings. The van der Waals surface area contributed by atoms with Gasteiger partial charge in [-0.3, -0.25) is 4.79 Å². The summed E-state index contributed by atoms with van der Waals surface area (Å²) >= 11 is 12.1. The number of rotatable bonds is 10. The maximum Gasteiger partial charge on any atom is 0.224 e. The van der Waals surface area contributed by atoms with Crippen LogP contribution < -0.4 is 20.7 Å². The number of halogens is 2. The van der Waals surface area contributed by atoms with Gasteiger partial charge in [-0.15, -0.1) is 0 Å². The third-order valence-corrected chi connectivity index (χ3v) is 5.38. The molecule has 7 heteroatoms. The van der Waals surface area contributed by atoms with Gasteiger partial charge in [-0.2, -0.15) is 0 Å². The van der Waals surface area contributed by atoms with Crippen LogP contribution in [0.5, 0.6) is 5.75 Å². The summed E-state index contributed by atoms with van der Waals surface area (Å²) in [6.07, 6.45) is 3.34. The first kappa shape index (κ1) is 20.8. The van der Waals surface area contributed by atoms with Gasteiger partial charge in [-0.1, -0.05) is 35.3 Å². The second-order valence-electron chi connectivity index (χ2n) is 6.70. The average molecular weight is 422 g/mol. The molecular weight excluding hydrogens is 397 g/mol. The van der Waals surface area contributed by atoms with Gasteiger partial charge in [0.1, 0.15) is 5.75 Å². The van der Waals surface area contributed by atoms with Crippen molar-refractivity contribution in [2.45, 2.75) is 25.7 Å². The summed E-state index contributed by atoms with van der Waals surface area (Å²) in [6, 6.07) is 11.5. The van der Waals surface area contributed by atoms with Crippen LogP contribution in [0.2, 0.25) is 10.0 Å². The van der Waals surface area contributed by atoms with E-state index in [4.69, 9.17) is 27.9 Å². The minimum atomic E-state index is 0.0721. The van der Waals surface area contributed by atoms with Gasteiger partial charge in [0.25, 0.3) is 0 Å². The van der Waals surface area contributed by atoms with Crippen molar-refractivity contribution >= 4 is 40.5 Å². The fourth-order valence-electron chi connectivity index (χ4n) is 3.03. The predicted octanol–water partition coefficient (Wildman–Crippen LogP) is 4.74. The number of benzene rings is 2. The van der Waals surface area contributed by atoms with Crippen molar-refractivity contribution in [2.24, 2.45) is 0 Å². The van der Waals surface area contributed by atoms with Gasteiger partial charge >= 0.3 is 0 Å². The summed E-state index contributed by atoms with van der Waals surface area (Å²) < 4.78 is 5.80. The van der Waals surface area contributed by atoms with Gasteiger partial charge in [-0.25, -0.2) is 0 Å². The summed E-state index contributed by atoms with van der Waals surface area (Å²) in [4.78, 5) is 11.5. The van der Waals surface area contributed by atoms with Crippen molar-refractivity contribution in [1.82, 2.24) is 5.32 Å². The number of anilines is 2. The molecule has 0 aliphatic carbocycles. The van der Waals surface area contributed by atoms with Crippen molar-refractivity contribution in [3.63, 3.8) is 0 Å². The number of carbonyl (C=O) groups is 1. The van der Waals surface area contributed by atoms with Crippen LogP contribution >= 0.6 is 23.2 Å². The molecule has 0 saturated heterocycles. The number of amides is 1.